The second kappa shape index (κ2) is 5.09. The molecule has 18 heavy (non-hydrogen) atoms. The molecule has 0 aromatic carbocycles. The van der Waals surface area contributed by atoms with Crippen LogP contribution in [0.2, 0.25) is 0 Å². The third-order valence-corrected chi connectivity index (χ3v) is 4.88. The Kier molecular flexibility index (Phi) is 3.70. The molecular formula is C11H18N4O2S. The van der Waals surface area contributed by atoms with E-state index in [2.05, 4.69) is 15.3 Å². The van der Waals surface area contributed by atoms with Crippen LogP contribution in [0.5, 0.6) is 0 Å². The van der Waals surface area contributed by atoms with Gasteiger partial charge in [-0.3, -0.25) is 0 Å². The Hall–Kier alpha value is -1.37. The van der Waals surface area contributed by atoms with Gasteiger partial charge in [0, 0.05) is 25.7 Å². The Morgan fingerprint density at radius 3 is 2.89 bits per heavy atom. The summed E-state index contributed by atoms with van der Waals surface area (Å²) in [5, 5.41) is 3.11. The third kappa shape index (κ3) is 2.90. The number of aromatic nitrogens is 2. The molecule has 1 atom stereocenters. The van der Waals surface area contributed by atoms with Gasteiger partial charge in [0.25, 0.3) is 0 Å². The smallest absolute Gasteiger partial charge is 0.152 e. The van der Waals surface area contributed by atoms with Gasteiger partial charge in [-0.25, -0.2) is 18.4 Å². The van der Waals surface area contributed by atoms with E-state index in [0.717, 1.165) is 18.2 Å². The number of nitrogens with zero attached hydrogens (tertiary/aromatic N) is 3. The van der Waals surface area contributed by atoms with Gasteiger partial charge in [0.1, 0.15) is 18.0 Å². The average molecular weight is 270 g/mol. The van der Waals surface area contributed by atoms with Gasteiger partial charge in [-0.05, 0) is 13.3 Å². The van der Waals surface area contributed by atoms with Crippen molar-refractivity contribution in [2.45, 2.75) is 19.4 Å². The zero-order valence-corrected chi connectivity index (χ0v) is 11.4. The first-order chi connectivity index (χ1) is 8.52. The van der Waals surface area contributed by atoms with Crippen LogP contribution in [0, 0.1) is 0 Å². The van der Waals surface area contributed by atoms with Crippen LogP contribution < -0.4 is 10.2 Å². The monoisotopic (exact) mass is 270 g/mol. The van der Waals surface area contributed by atoms with E-state index in [1.54, 1.807) is 0 Å². The summed E-state index contributed by atoms with van der Waals surface area (Å²) in [5.41, 5.74) is 0. The molecule has 2 heterocycles. The summed E-state index contributed by atoms with van der Waals surface area (Å²) in [5.74, 6) is 2.00. The van der Waals surface area contributed by atoms with E-state index in [4.69, 9.17) is 0 Å². The molecule has 0 aliphatic carbocycles. The lowest BCUT2D eigenvalue weighted by molar-refractivity contribution is 0.600. The fourth-order valence-corrected chi connectivity index (χ4v) is 3.86. The van der Waals surface area contributed by atoms with Gasteiger partial charge >= 0.3 is 0 Å². The molecule has 0 bridgehead atoms. The van der Waals surface area contributed by atoms with Crippen molar-refractivity contribution in [3.05, 3.63) is 12.4 Å². The van der Waals surface area contributed by atoms with Gasteiger partial charge in [-0.15, -0.1) is 0 Å². The third-order valence-electron chi connectivity index (χ3n) is 3.13. The van der Waals surface area contributed by atoms with Crippen molar-refractivity contribution in [3.63, 3.8) is 0 Å². The highest BCUT2D eigenvalue weighted by molar-refractivity contribution is 7.91. The van der Waals surface area contributed by atoms with Crippen molar-refractivity contribution in [2.75, 3.05) is 35.3 Å². The highest BCUT2D eigenvalue weighted by atomic mass is 32.2. The topological polar surface area (TPSA) is 75.2 Å². The molecule has 2 rings (SSSR count). The Morgan fingerprint density at radius 1 is 1.50 bits per heavy atom. The van der Waals surface area contributed by atoms with Crippen molar-refractivity contribution < 1.29 is 8.42 Å². The summed E-state index contributed by atoms with van der Waals surface area (Å²) in [4.78, 5) is 10.2. The predicted molar refractivity (Wildman–Crippen MR) is 71.7 cm³/mol. The van der Waals surface area contributed by atoms with Crippen LogP contribution in [0.15, 0.2) is 12.4 Å². The zero-order chi connectivity index (χ0) is 13.2. The first-order valence-electron chi connectivity index (χ1n) is 6.01. The van der Waals surface area contributed by atoms with Crippen molar-refractivity contribution >= 4 is 21.5 Å². The van der Waals surface area contributed by atoms with E-state index in [0.29, 0.717) is 6.42 Å². The van der Waals surface area contributed by atoms with Gasteiger partial charge in [-0.1, -0.05) is 0 Å². The Balaban J connectivity index is 2.13. The molecule has 7 heteroatoms. The lowest BCUT2D eigenvalue weighted by atomic mass is 10.2. The van der Waals surface area contributed by atoms with E-state index in [1.165, 1.54) is 6.33 Å². The number of hydrogen-bond acceptors (Lipinski definition) is 6. The first-order valence-corrected chi connectivity index (χ1v) is 7.83. The summed E-state index contributed by atoms with van der Waals surface area (Å²) in [7, 11) is -0.991. The highest BCUT2D eigenvalue weighted by Gasteiger charge is 2.31. The maximum absolute atomic E-state index is 11.5. The van der Waals surface area contributed by atoms with Gasteiger partial charge in [-0.2, -0.15) is 0 Å². The normalized spacial score (nSPS) is 21.8. The van der Waals surface area contributed by atoms with E-state index < -0.39 is 9.84 Å². The van der Waals surface area contributed by atoms with Crippen molar-refractivity contribution in [1.29, 1.82) is 0 Å². The molecule has 1 aliphatic heterocycles. The minimum Gasteiger partial charge on any atom is -0.370 e. The van der Waals surface area contributed by atoms with Crippen molar-refractivity contribution in [3.8, 4) is 0 Å². The van der Waals surface area contributed by atoms with Gasteiger partial charge in [0.15, 0.2) is 9.84 Å². The quantitative estimate of drug-likeness (QED) is 0.860. The molecule has 100 valence electrons. The SMILES string of the molecule is CCNc1cc(N(C)C2CCS(=O)(=O)C2)ncn1. The van der Waals surface area contributed by atoms with E-state index in [1.807, 2.05) is 24.9 Å². The van der Waals surface area contributed by atoms with Crippen LogP contribution in [0.3, 0.4) is 0 Å². The molecule has 1 N–H and O–H groups in total. The molecule has 1 unspecified atom stereocenters. The van der Waals surface area contributed by atoms with Crippen LogP contribution in [0.25, 0.3) is 0 Å². The van der Waals surface area contributed by atoms with Crippen LogP contribution in [0.1, 0.15) is 13.3 Å². The van der Waals surface area contributed by atoms with Gasteiger partial charge < -0.3 is 10.2 Å². The second-order valence-electron chi connectivity index (χ2n) is 4.46. The number of nitrogens with one attached hydrogen (secondary N) is 1. The van der Waals surface area contributed by atoms with Gasteiger partial charge in [0.05, 0.1) is 11.5 Å². The van der Waals surface area contributed by atoms with E-state index in [-0.39, 0.29) is 17.5 Å². The Bertz CT molecular complexity index is 518. The summed E-state index contributed by atoms with van der Waals surface area (Å²) in [6.45, 7) is 2.78. The van der Waals surface area contributed by atoms with Crippen molar-refractivity contribution in [2.24, 2.45) is 0 Å². The van der Waals surface area contributed by atoms with Gasteiger partial charge in [0.2, 0.25) is 0 Å². The fourth-order valence-electron chi connectivity index (χ4n) is 2.09. The van der Waals surface area contributed by atoms with Crippen molar-refractivity contribution in [1.82, 2.24) is 9.97 Å². The number of rotatable bonds is 4. The first kappa shape index (κ1) is 13.1. The van der Waals surface area contributed by atoms with Crippen LogP contribution in [0.4, 0.5) is 11.6 Å². The maximum Gasteiger partial charge on any atom is 0.152 e. The minimum atomic E-state index is -2.87. The zero-order valence-electron chi connectivity index (χ0n) is 10.6. The number of hydrogen-bond donors (Lipinski definition) is 1. The minimum absolute atomic E-state index is 0.0133. The summed E-state index contributed by atoms with van der Waals surface area (Å²) >= 11 is 0. The largest absolute Gasteiger partial charge is 0.370 e. The predicted octanol–water partition coefficient (Wildman–Crippen LogP) is 0.532. The summed E-state index contributed by atoms with van der Waals surface area (Å²) in [6, 6.07) is 1.86. The summed E-state index contributed by atoms with van der Waals surface area (Å²) in [6.07, 6.45) is 2.16. The molecule has 1 fully saturated rings. The highest BCUT2D eigenvalue weighted by Crippen LogP contribution is 2.22. The molecular weight excluding hydrogens is 252 g/mol. The standard InChI is InChI=1S/C11H18N4O2S/c1-3-12-10-6-11(14-8-13-10)15(2)9-4-5-18(16,17)7-9/h6,8-9H,3-5,7H2,1-2H3,(H,12,13,14). The molecule has 1 aromatic rings. The molecule has 1 aliphatic rings. The average Bonchev–Trinajstić information content (AvgIpc) is 2.70. The molecule has 0 radical (unpaired) electrons. The summed E-state index contributed by atoms with van der Waals surface area (Å²) < 4.78 is 22.9. The number of anilines is 2. The second-order valence-corrected chi connectivity index (χ2v) is 6.69. The lowest BCUT2D eigenvalue weighted by Gasteiger charge is -2.24. The molecule has 0 spiro atoms. The van der Waals surface area contributed by atoms with Crippen LogP contribution in [-0.4, -0.2) is 49.5 Å². The van der Waals surface area contributed by atoms with Crippen LogP contribution >= 0.6 is 0 Å². The molecule has 0 amide bonds. The molecule has 1 saturated heterocycles. The van der Waals surface area contributed by atoms with E-state index >= 15 is 0 Å². The maximum atomic E-state index is 11.5. The Morgan fingerprint density at radius 2 is 2.28 bits per heavy atom. The van der Waals surface area contributed by atoms with E-state index in [9.17, 15) is 8.42 Å². The fraction of sp³-hybridized carbons (Fsp3) is 0.636. The van der Waals surface area contributed by atoms with Crippen LogP contribution in [-0.2, 0) is 9.84 Å². The lowest BCUT2D eigenvalue weighted by Crippen LogP contribution is -2.33. The number of sulfone groups is 1. The molecule has 1 aromatic heterocycles. The molecule has 0 saturated carbocycles. The molecule has 6 nitrogen and oxygen atoms in total. The Labute approximate surface area is 107 Å².